The summed E-state index contributed by atoms with van der Waals surface area (Å²) in [5.41, 5.74) is 0.624. The number of nitrogens with zero attached hydrogens (tertiary/aromatic N) is 3. The van der Waals surface area contributed by atoms with Crippen molar-refractivity contribution in [1.29, 1.82) is 0 Å². The van der Waals surface area contributed by atoms with Gasteiger partial charge in [0.1, 0.15) is 5.25 Å². The second-order valence-electron chi connectivity index (χ2n) is 6.12. The number of rotatable bonds is 5. The van der Waals surface area contributed by atoms with Gasteiger partial charge in [-0.1, -0.05) is 19.3 Å². The largest absolute Gasteiger partial charge is 0.424 e. The van der Waals surface area contributed by atoms with Gasteiger partial charge in [0.25, 0.3) is 0 Å². The van der Waals surface area contributed by atoms with Crippen LogP contribution in [-0.2, 0) is 15.6 Å². The van der Waals surface area contributed by atoms with Gasteiger partial charge in [0.15, 0.2) is 9.84 Å². The monoisotopic (exact) mass is 355 g/mol. The average molecular weight is 355 g/mol. The third-order valence-electron chi connectivity index (χ3n) is 4.30. The fourth-order valence-corrected chi connectivity index (χ4v) is 5.20. The van der Waals surface area contributed by atoms with Crippen molar-refractivity contribution in [3.8, 4) is 0 Å². The molecule has 0 aliphatic heterocycles. The van der Waals surface area contributed by atoms with Crippen molar-refractivity contribution < 1.29 is 12.8 Å². The van der Waals surface area contributed by atoms with Crippen LogP contribution in [0.25, 0.3) is 0 Å². The summed E-state index contributed by atoms with van der Waals surface area (Å²) in [5, 5.41) is 9.65. The normalized spacial score (nSPS) is 18.2. The lowest BCUT2D eigenvalue weighted by molar-refractivity contribution is 0.442. The van der Waals surface area contributed by atoms with E-state index in [1.54, 1.807) is 25.2 Å². The number of hydrogen-bond donors (Lipinski definition) is 0. The van der Waals surface area contributed by atoms with Crippen LogP contribution >= 0.6 is 11.3 Å². The molecule has 2 heterocycles. The van der Waals surface area contributed by atoms with E-state index in [2.05, 4.69) is 15.2 Å². The number of hydrogen-bond acceptors (Lipinski definition) is 7. The molecule has 0 unspecified atom stereocenters. The summed E-state index contributed by atoms with van der Waals surface area (Å²) in [5.74, 6) is 0.931. The van der Waals surface area contributed by atoms with Crippen molar-refractivity contribution in [3.63, 3.8) is 0 Å². The maximum absolute atomic E-state index is 12.5. The molecule has 0 aromatic carbocycles. The van der Waals surface area contributed by atoms with Crippen LogP contribution in [0.3, 0.4) is 0 Å². The van der Waals surface area contributed by atoms with Gasteiger partial charge < -0.3 is 4.42 Å². The molecular weight excluding hydrogens is 334 g/mol. The second kappa shape index (κ2) is 6.68. The summed E-state index contributed by atoms with van der Waals surface area (Å²) in [6.07, 6.45) is 6.11. The molecule has 1 fully saturated rings. The number of thiazole rings is 1. The Balaban J connectivity index is 1.71. The molecule has 2 aromatic rings. The molecule has 0 amide bonds. The van der Waals surface area contributed by atoms with Crippen LogP contribution in [0.2, 0.25) is 0 Å². The summed E-state index contributed by atoms with van der Waals surface area (Å²) in [6.45, 7) is 3.23. The van der Waals surface area contributed by atoms with Crippen molar-refractivity contribution in [3.05, 3.63) is 27.9 Å². The molecule has 0 bridgehead atoms. The van der Waals surface area contributed by atoms with Crippen LogP contribution in [0.4, 0.5) is 0 Å². The van der Waals surface area contributed by atoms with E-state index in [4.69, 9.17) is 4.42 Å². The molecular formula is C15H21N3O3S2. The third kappa shape index (κ3) is 3.80. The highest BCUT2D eigenvalue weighted by molar-refractivity contribution is 7.90. The maximum Gasteiger partial charge on any atom is 0.234 e. The van der Waals surface area contributed by atoms with E-state index in [1.165, 1.54) is 19.3 Å². The molecule has 0 N–H and O–H groups in total. The summed E-state index contributed by atoms with van der Waals surface area (Å²) in [7, 11) is -3.42. The van der Waals surface area contributed by atoms with Gasteiger partial charge in [0.05, 0.1) is 16.5 Å². The van der Waals surface area contributed by atoms with Gasteiger partial charge in [0.2, 0.25) is 11.8 Å². The summed E-state index contributed by atoms with van der Waals surface area (Å²) >= 11 is 1.58. The van der Waals surface area contributed by atoms with Crippen LogP contribution in [-0.4, -0.2) is 23.6 Å². The zero-order valence-electron chi connectivity index (χ0n) is 13.4. The van der Waals surface area contributed by atoms with Crippen LogP contribution < -0.4 is 0 Å². The highest BCUT2D eigenvalue weighted by Gasteiger charge is 2.29. The molecule has 1 aliphatic rings. The quantitative estimate of drug-likeness (QED) is 0.815. The molecule has 1 aliphatic carbocycles. The fraction of sp³-hybridized carbons (Fsp3) is 0.667. The molecule has 3 rings (SSSR count). The molecule has 0 saturated heterocycles. The van der Waals surface area contributed by atoms with Crippen molar-refractivity contribution in [2.75, 3.05) is 0 Å². The Morgan fingerprint density at radius 3 is 2.70 bits per heavy atom. The highest BCUT2D eigenvalue weighted by atomic mass is 32.2. The minimum absolute atomic E-state index is 0.0845. The number of aromatic nitrogens is 3. The number of sulfone groups is 1. The molecule has 2 aromatic heterocycles. The summed E-state index contributed by atoms with van der Waals surface area (Å²) in [6, 6.07) is 0. The molecule has 0 radical (unpaired) electrons. The average Bonchev–Trinajstić information content (AvgIpc) is 3.16. The van der Waals surface area contributed by atoms with E-state index in [0.717, 1.165) is 17.8 Å². The Bertz CT molecular complexity index is 761. The van der Waals surface area contributed by atoms with Crippen molar-refractivity contribution >= 4 is 21.2 Å². The molecule has 126 valence electrons. The lowest BCUT2D eigenvalue weighted by Gasteiger charge is -2.18. The highest BCUT2D eigenvalue weighted by Crippen LogP contribution is 2.35. The maximum atomic E-state index is 12.5. The first-order valence-electron chi connectivity index (χ1n) is 7.91. The Kier molecular flexibility index (Phi) is 4.82. The first kappa shape index (κ1) is 16.6. The van der Waals surface area contributed by atoms with Crippen molar-refractivity contribution in [1.82, 2.24) is 15.2 Å². The minimum atomic E-state index is -3.42. The van der Waals surface area contributed by atoms with Crippen LogP contribution in [0, 0.1) is 6.92 Å². The predicted octanol–water partition coefficient (Wildman–Crippen LogP) is 3.56. The smallest absolute Gasteiger partial charge is 0.234 e. The van der Waals surface area contributed by atoms with Gasteiger partial charge in [-0.25, -0.2) is 13.4 Å². The predicted molar refractivity (Wildman–Crippen MR) is 88.0 cm³/mol. The van der Waals surface area contributed by atoms with E-state index in [1.807, 2.05) is 5.38 Å². The Morgan fingerprint density at radius 2 is 2.04 bits per heavy atom. The first-order valence-corrected chi connectivity index (χ1v) is 10.5. The Morgan fingerprint density at radius 1 is 1.30 bits per heavy atom. The van der Waals surface area contributed by atoms with E-state index in [0.29, 0.717) is 17.5 Å². The molecule has 23 heavy (non-hydrogen) atoms. The van der Waals surface area contributed by atoms with Crippen LogP contribution in [0.1, 0.15) is 72.7 Å². The van der Waals surface area contributed by atoms with E-state index in [-0.39, 0.29) is 11.6 Å². The SMILES string of the molecule is Cc1nnc([C@@H](C)S(=O)(=O)Cc2csc(C3CCCCC3)n2)o1. The van der Waals surface area contributed by atoms with Gasteiger partial charge in [-0.05, 0) is 19.8 Å². The van der Waals surface area contributed by atoms with Gasteiger partial charge in [0, 0.05) is 18.2 Å². The fourth-order valence-electron chi connectivity index (χ4n) is 2.89. The van der Waals surface area contributed by atoms with Gasteiger partial charge in [-0.15, -0.1) is 21.5 Å². The molecule has 1 saturated carbocycles. The zero-order valence-corrected chi connectivity index (χ0v) is 15.0. The summed E-state index contributed by atoms with van der Waals surface area (Å²) in [4.78, 5) is 4.57. The number of aryl methyl sites for hydroxylation is 1. The third-order valence-corrected chi connectivity index (χ3v) is 7.33. The van der Waals surface area contributed by atoms with E-state index in [9.17, 15) is 8.42 Å². The van der Waals surface area contributed by atoms with Gasteiger partial charge in [-0.3, -0.25) is 0 Å². The summed E-state index contributed by atoms with van der Waals surface area (Å²) < 4.78 is 30.3. The van der Waals surface area contributed by atoms with Crippen molar-refractivity contribution in [2.24, 2.45) is 0 Å². The zero-order chi connectivity index (χ0) is 16.4. The minimum Gasteiger partial charge on any atom is -0.424 e. The van der Waals surface area contributed by atoms with E-state index < -0.39 is 15.1 Å². The van der Waals surface area contributed by atoms with Crippen LogP contribution in [0.15, 0.2) is 9.80 Å². The lowest BCUT2D eigenvalue weighted by Crippen LogP contribution is -2.13. The topological polar surface area (TPSA) is 86.0 Å². The molecule has 1 atom stereocenters. The van der Waals surface area contributed by atoms with Crippen molar-refractivity contribution in [2.45, 2.75) is 62.9 Å². The van der Waals surface area contributed by atoms with Gasteiger partial charge in [-0.2, -0.15) is 0 Å². The van der Waals surface area contributed by atoms with Crippen LogP contribution in [0.5, 0.6) is 0 Å². The van der Waals surface area contributed by atoms with E-state index >= 15 is 0 Å². The molecule has 8 heteroatoms. The second-order valence-corrected chi connectivity index (χ2v) is 9.33. The first-order chi connectivity index (χ1) is 11.0. The molecule has 6 nitrogen and oxygen atoms in total. The Hall–Kier alpha value is -1.28. The molecule has 0 spiro atoms. The lowest BCUT2D eigenvalue weighted by atomic mass is 9.90. The standard InChI is InChI=1S/C15H21N3O3S2/c1-10(14-18-17-11(2)21-14)23(19,20)9-13-8-22-15(16-13)12-6-4-3-5-7-12/h8,10,12H,3-7,9H2,1-2H3/t10-/m1/s1. The van der Waals surface area contributed by atoms with Gasteiger partial charge >= 0.3 is 0 Å². The Labute approximate surface area is 140 Å².